The van der Waals surface area contributed by atoms with Crippen LogP contribution in [-0.4, -0.2) is 62.9 Å². The van der Waals surface area contributed by atoms with E-state index in [1.165, 1.54) is 0 Å². The first-order valence-corrected chi connectivity index (χ1v) is 13.3. The fourth-order valence-corrected chi connectivity index (χ4v) is 7.73. The molecule has 0 saturated heterocycles. The minimum Gasteiger partial charge on any atom is -0.456 e. The summed E-state index contributed by atoms with van der Waals surface area (Å²) in [4.78, 5) is 0. The summed E-state index contributed by atoms with van der Waals surface area (Å²) in [6, 6.07) is 1.16. The van der Waals surface area contributed by atoms with Crippen molar-refractivity contribution in [3.05, 3.63) is 0 Å². The van der Waals surface area contributed by atoms with Gasteiger partial charge in [-0.05, 0) is 38.7 Å². The van der Waals surface area contributed by atoms with E-state index in [2.05, 4.69) is 26.2 Å². The lowest BCUT2D eigenvalue weighted by Gasteiger charge is -2.25. The van der Waals surface area contributed by atoms with Crippen LogP contribution in [0.1, 0.15) is 6.42 Å². The first kappa shape index (κ1) is 20.6. The van der Waals surface area contributed by atoms with Crippen molar-refractivity contribution in [2.45, 2.75) is 38.7 Å². The Labute approximate surface area is 131 Å². The SMILES string of the molecule is C[Si](C)O[Si](C)(C)CCCOCCOCCOCCCl. The summed E-state index contributed by atoms with van der Waals surface area (Å²) in [5, 5.41) is 0. The Hall–Kier alpha value is 0.564. The molecule has 0 aromatic rings. The minimum atomic E-state index is -1.45. The monoisotopic (exact) mass is 341 g/mol. The Kier molecular flexibility index (Phi) is 13.6. The number of ether oxygens (including phenoxy) is 3. The molecule has 0 heterocycles. The molecule has 0 rings (SSSR count). The molecule has 0 amide bonds. The van der Waals surface area contributed by atoms with Gasteiger partial charge in [-0.15, -0.1) is 11.6 Å². The molecule has 0 aromatic heterocycles. The zero-order valence-corrected chi connectivity index (χ0v) is 16.1. The molecule has 0 atom stereocenters. The highest BCUT2D eigenvalue weighted by Gasteiger charge is 2.22. The maximum atomic E-state index is 6.07. The van der Waals surface area contributed by atoms with E-state index in [0.717, 1.165) is 19.1 Å². The summed E-state index contributed by atoms with van der Waals surface area (Å²) >= 11 is 5.48. The molecule has 4 nitrogen and oxygen atoms in total. The van der Waals surface area contributed by atoms with E-state index in [9.17, 15) is 0 Å². The van der Waals surface area contributed by atoms with Crippen molar-refractivity contribution in [1.29, 1.82) is 0 Å². The molecule has 0 aliphatic carbocycles. The zero-order chi connectivity index (χ0) is 15.3. The average Bonchev–Trinajstić information content (AvgIpc) is 2.34. The maximum absolute atomic E-state index is 6.07. The van der Waals surface area contributed by atoms with Gasteiger partial charge >= 0.3 is 0 Å². The van der Waals surface area contributed by atoms with Crippen LogP contribution in [-0.2, 0) is 18.3 Å². The van der Waals surface area contributed by atoms with Gasteiger partial charge in [0.05, 0.1) is 33.0 Å². The number of hydrogen-bond donors (Lipinski definition) is 0. The van der Waals surface area contributed by atoms with Gasteiger partial charge < -0.3 is 18.3 Å². The van der Waals surface area contributed by atoms with Crippen molar-refractivity contribution >= 4 is 29.0 Å². The fraction of sp³-hybridized carbons (Fsp3) is 1.00. The van der Waals surface area contributed by atoms with E-state index in [1.807, 2.05) is 0 Å². The normalized spacial score (nSPS) is 12.3. The van der Waals surface area contributed by atoms with Gasteiger partial charge in [-0.3, -0.25) is 0 Å². The van der Waals surface area contributed by atoms with Crippen molar-refractivity contribution in [3.63, 3.8) is 0 Å². The van der Waals surface area contributed by atoms with Crippen LogP contribution < -0.4 is 0 Å². The van der Waals surface area contributed by atoms with Gasteiger partial charge in [0.25, 0.3) is 0 Å². The molecule has 0 saturated carbocycles. The lowest BCUT2D eigenvalue weighted by Crippen LogP contribution is -2.35. The van der Waals surface area contributed by atoms with E-state index >= 15 is 0 Å². The second kappa shape index (κ2) is 13.2. The van der Waals surface area contributed by atoms with Crippen LogP contribution in [0.4, 0.5) is 0 Å². The smallest absolute Gasteiger partial charge is 0.191 e. The Bertz CT molecular complexity index is 219. The van der Waals surface area contributed by atoms with Crippen LogP contribution >= 0.6 is 11.6 Å². The summed E-state index contributed by atoms with van der Waals surface area (Å²) in [6.45, 7) is 12.8. The third-order valence-corrected chi connectivity index (χ3v) is 8.07. The second-order valence-corrected chi connectivity index (χ2v) is 12.4. The molecule has 7 heteroatoms. The molecular formula is C13H30ClO4Si2. The number of hydrogen-bond acceptors (Lipinski definition) is 4. The molecule has 0 unspecified atom stereocenters. The third-order valence-electron chi connectivity index (χ3n) is 2.51. The van der Waals surface area contributed by atoms with Gasteiger partial charge in [-0.25, -0.2) is 0 Å². The summed E-state index contributed by atoms with van der Waals surface area (Å²) in [5.74, 6) is 0.533. The van der Waals surface area contributed by atoms with Gasteiger partial charge in [0.15, 0.2) is 17.4 Å². The van der Waals surface area contributed by atoms with E-state index in [-0.39, 0.29) is 0 Å². The first-order valence-electron chi connectivity index (χ1n) is 7.26. The topological polar surface area (TPSA) is 36.9 Å². The highest BCUT2D eigenvalue weighted by atomic mass is 35.5. The number of rotatable bonds is 14. The van der Waals surface area contributed by atoms with Crippen LogP contribution in [0.3, 0.4) is 0 Å². The van der Waals surface area contributed by atoms with Crippen molar-refractivity contribution in [2.75, 3.05) is 45.5 Å². The van der Waals surface area contributed by atoms with E-state index in [1.54, 1.807) is 0 Å². The van der Waals surface area contributed by atoms with E-state index < -0.39 is 17.4 Å². The molecule has 0 aliphatic heterocycles. The van der Waals surface area contributed by atoms with E-state index in [0.29, 0.717) is 38.9 Å². The van der Waals surface area contributed by atoms with Gasteiger partial charge in [0.1, 0.15) is 0 Å². The Morgan fingerprint density at radius 2 is 1.35 bits per heavy atom. The van der Waals surface area contributed by atoms with Crippen molar-refractivity contribution in [2.24, 2.45) is 0 Å². The van der Waals surface area contributed by atoms with Gasteiger partial charge in [0, 0.05) is 12.5 Å². The Morgan fingerprint density at radius 3 is 1.85 bits per heavy atom. The fourth-order valence-electron chi connectivity index (χ4n) is 1.80. The molecule has 0 aliphatic rings. The largest absolute Gasteiger partial charge is 0.456 e. The molecule has 20 heavy (non-hydrogen) atoms. The maximum Gasteiger partial charge on any atom is 0.191 e. The van der Waals surface area contributed by atoms with Gasteiger partial charge in [-0.1, -0.05) is 0 Å². The van der Waals surface area contributed by atoms with Gasteiger partial charge in [0.2, 0.25) is 0 Å². The minimum absolute atomic E-state index is 0.533. The molecule has 0 aromatic carbocycles. The van der Waals surface area contributed by atoms with Crippen LogP contribution in [0.25, 0.3) is 0 Å². The third kappa shape index (κ3) is 15.0. The zero-order valence-electron chi connectivity index (χ0n) is 13.4. The standard InChI is InChI=1S/C13H30ClO4Si2/c1-19(2)18-20(3,4)13-5-7-15-9-11-17-12-10-16-8-6-14/h5-13H2,1-4H3. The molecular weight excluding hydrogens is 312 g/mol. The van der Waals surface area contributed by atoms with Crippen molar-refractivity contribution in [3.8, 4) is 0 Å². The predicted molar refractivity (Wildman–Crippen MR) is 88.7 cm³/mol. The highest BCUT2D eigenvalue weighted by Crippen LogP contribution is 2.14. The van der Waals surface area contributed by atoms with Crippen molar-refractivity contribution < 1.29 is 18.3 Å². The lowest BCUT2D eigenvalue weighted by atomic mass is 10.5. The molecule has 0 spiro atoms. The summed E-state index contributed by atoms with van der Waals surface area (Å²) in [5.41, 5.74) is 0. The molecule has 0 N–H and O–H groups in total. The number of alkyl halides is 1. The van der Waals surface area contributed by atoms with E-state index in [4.69, 9.17) is 29.9 Å². The quantitative estimate of drug-likeness (QED) is 0.276. The van der Waals surface area contributed by atoms with Crippen LogP contribution in [0, 0.1) is 0 Å². The highest BCUT2D eigenvalue weighted by molar-refractivity contribution is 6.77. The van der Waals surface area contributed by atoms with Crippen LogP contribution in [0.2, 0.25) is 32.2 Å². The molecule has 1 radical (unpaired) electrons. The van der Waals surface area contributed by atoms with Crippen molar-refractivity contribution in [1.82, 2.24) is 0 Å². The first-order chi connectivity index (χ1) is 9.48. The molecule has 0 fully saturated rings. The van der Waals surface area contributed by atoms with Gasteiger partial charge in [-0.2, -0.15) is 0 Å². The summed E-state index contributed by atoms with van der Waals surface area (Å²) < 4.78 is 22.2. The second-order valence-electron chi connectivity index (χ2n) is 5.40. The molecule has 0 bridgehead atoms. The predicted octanol–water partition coefficient (Wildman–Crippen LogP) is 3.14. The molecule has 121 valence electrons. The lowest BCUT2D eigenvalue weighted by molar-refractivity contribution is 0.0173. The number of halogens is 1. The average molecular weight is 342 g/mol. The Balaban J connectivity index is 3.24. The Morgan fingerprint density at radius 1 is 0.850 bits per heavy atom. The summed E-state index contributed by atoms with van der Waals surface area (Å²) in [6.07, 6.45) is 1.08. The van der Waals surface area contributed by atoms with Crippen LogP contribution in [0.5, 0.6) is 0 Å². The summed E-state index contributed by atoms with van der Waals surface area (Å²) in [7, 11) is -2.03. The van der Waals surface area contributed by atoms with Crippen LogP contribution in [0.15, 0.2) is 0 Å².